The number of thioether (sulfide) groups is 1. The quantitative estimate of drug-likeness (QED) is 0.735. The number of benzene rings is 1. The predicted molar refractivity (Wildman–Crippen MR) is 72.3 cm³/mol. The molecule has 0 aromatic heterocycles. The maximum Gasteiger partial charge on any atom is 0.159 e. The molecule has 100 valence electrons. The van der Waals surface area contributed by atoms with E-state index in [1.807, 2.05) is 0 Å². The normalized spacial score (nSPS) is 12.2. The van der Waals surface area contributed by atoms with Gasteiger partial charge in [-0.3, -0.25) is 4.79 Å². The summed E-state index contributed by atoms with van der Waals surface area (Å²) in [5.41, 5.74) is 1.56. The van der Waals surface area contributed by atoms with E-state index in [9.17, 15) is 9.90 Å². The molecule has 1 aromatic carbocycles. The number of ether oxygens (including phenoxy) is 1. The Labute approximate surface area is 111 Å². The van der Waals surface area contributed by atoms with Gasteiger partial charge in [-0.1, -0.05) is 0 Å². The molecule has 5 heteroatoms. The first-order chi connectivity index (χ1) is 8.58. The van der Waals surface area contributed by atoms with Crippen LogP contribution in [0.15, 0.2) is 18.2 Å². The van der Waals surface area contributed by atoms with Crippen molar-refractivity contribution in [3.05, 3.63) is 29.3 Å². The van der Waals surface area contributed by atoms with Crippen LogP contribution >= 0.6 is 11.8 Å². The SMILES string of the molecule is COc1ccc(C(C)=O)cc1CSCC(O)CO. The summed E-state index contributed by atoms with van der Waals surface area (Å²) in [7, 11) is 1.58. The van der Waals surface area contributed by atoms with Gasteiger partial charge in [-0.25, -0.2) is 0 Å². The van der Waals surface area contributed by atoms with Crippen LogP contribution in [0.3, 0.4) is 0 Å². The molecular formula is C13H18O4S. The van der Waals surface area contributed by atoms with E-state index >= 15 is 0 Å². The second-order valence-corrected chi connectivity index (χ2v) is 4.96. The van der Waals surface area contributed by atoms with Crippen molar-refractivity contribution in [1.82, 2.24) is 0 Å². The van der Waals surface area contributed by atoms with Crippen LogP contribution in [0.25, 0.3) is 0 Å². The monoisotopic (exact) mass is 270 g/mol. The Kier molecular flexibility index (Phi) is 6.18. The molecule has 1 unspecified atom stereocenters. The second kappa shape index (κ2) is 7.41. The largest absolute Gasteiger partial charge is 0.496 e. The first kappa shape index (κ1) is 15.0. The van der Waals surface area contributed by atoms with Gasteiger partial charge in [-0.15, -0.1) is 0 Å². The maximum atomic E-state index is 11.3. The Morgan fingerprint density at radius 2 is 2.22 bits per heavy atom. The van der Waals surface area contributed by atoms with Gasteiger partial charge in [-0.05, 0) is 25.1 Å². The molecule has 0 amide bonds. The standard InChI is InChI=1S/C13H18O4S/c1-9(15)10-3-4-13(17-2)11(5-10)7-18-8-12(16)6-14/h3-5,12,14,16H,6-8H2,1-2H3. The molecule has 0 aliphatic rings. The zero-order valence-corrected chi connectivity index (χ0v) is 11.4. The van der Waals surface area contributed by atoms with Crippen LogP contribution in [0.5, 0.6) is 5.75 Å². The number of aliphatic hydroxyl groups is 2. The molecule has 1 atom stereocenters. The number of aliphatic hydroxyl groups excluding tert-OH is 2. The fourth-order valence-corrected chi connectivity index (χ4v) is 2.41. The van der Waals surface area contributed by atoms with Crippen LogP contribution in [0, 0.1) is 0 Å². The number of ketones is 1. The Hall–Kier alpha value is -1.04. The highest BCUT2D eigenvalue weighted by molar-refractivity contribution is 7.98. The Morgan fingerprint density at radius 3 is 2.78 bits per heavy atom. The molecule has 0 radical (unpaired) electrons. The van der Waals surface area contributed by atoms with Gasteiger partial charge in [0, 0.05) is 22.6 Å². The van der Waals surface area contributed by atoms with E-state index < -0.39 is 6.10 Å². The van der Waals surface area contributed by atoms with E-state index in [4.69, 9.17) is 9.84 Å². The molecule has 1 rings (SSSR count). The molecule has 18 heavy (non-hydrogen) atoms. The van der Waals surface area contributed by atoms with Crippen molar-refractivity contribution < 1.29 is 19.7 Å². The zero-order chi connectivity index (χ0) is 13.5. The molecular weight excluding hydrogens is 252 g/mol. The highest BCUT2D eigenvalue weighted by atomic mass is 32.2. The van der Waals surface area contributed by atoms with E-state index in [0.717, 1.165) is 11.3 Å². The number of carbonyl (C=O) groups is 1. The van der Waals surface area contributed by atoms with Crippen LogP contribution in [-0.4, -0.2) is 41.6 Å². The summed E-state index contributed by atoms with van der Waals surface area (Å²) < 4.78 is 5.23. The molecule has 0 fully saturated rings. The fourth-order valence-electron chi connectivity index (χ4n) is 1.47. The maximum absolute atomic E-state index is 11.3. The van der Waals surface area contributed by atoms with E-state index in [2.05, 4.69) is 0 Å². The zero-order valence-electron chi connectivity index (χ0n) is 10.5. The van der Waals surface area contributed by atoms with Gasteiger partial charge in [0.25, 0.3) is 0 Å². The number of methoxy groups -OCH3 is 1. The third kappa shape index (κ3) is 4.33. The molecule has 0 bridgehead atoms. The molecule has 1 aromatic rings. The fraction of sp³-hybridized carbons (Fsp3) is 0.462. The van der Waals surface area contributed by atoms with Crippen molar-refractivity contribution in [2.24, 2.45) is 0 Å². The van der Waals surface area contributed by atoms with Crippen molar-refractivity contribution in [1.29, 1.82) is 0 Å². The molecule has 0 heterocycles. The summed E-state index contributed by atoms with van der Waals surface area (Å²) in [6, 6.07) is 5.31. The van der Waals surface area contributed by atoms with E-state index in [1.54, 1.807) is 25.3 Å². The van der Waals surface area contributed by atoms with Gasteiger partial charge >= 0.3 is 0 Å². The Bertz CT molecular complexity index is 406. The number of rotatable bonds is 7. The van der Waals surface area contributed by atoms with Crippen LogP contribution in [0.2, 0.25) is 0 Å². The van der Waals surface area contributed by atoms with Gasteiger partial charge in [0.1, 0.15) is 5.75 Å². The minimum Gasteiger partial charge on any atom is -0.496 e. The molecule has 0 saturated carbocycles. The lowest BCUT2D eigenvalue weighted by molar-refractivity contribution is 0.101. The third-order valence-corrected chi connectivity index (χ3v) is 3.60. The number of Topliss-reactive ketones (excluding diaryl/α,β-unsaturated/α-hetero) is 1. The lowest BCUT2D eigenvalue weighted by Crippen LogP contribution is -2.14. The van der Waals surface area contributed by atoms with E-state index in [0.29, 0.717) is 17.1 Å². The van der Waals surface area contributed by atoms with E-state index in [-0.39, 0.29) is 12.4 Å². The first-order valence-corrected chi connectivity index (χ1v) is 6.78. The number of hydrogen-bond donors (Lipinski definition) is 2. The molecule has 0 saturated heterocycles. The van der Waals surface area contributed by atoms with Gasteiger partial charge in [0.15, 0.2) is 5.78 Å². The molecule has 2 N–H and O–H groups in total. The Morgan fingerprint density at radius 1 is 1.50 bits per heavy atom. The van der Waals surface area contributed by atoms with Crippen LogP contribution in [0.4, 0.5) is 0 Å². The molecule has 4 nitrogen and oxygen atoms in total. The van der Waals surface area contributed by atoms with Gasteiger partial charge in [0.05, 0.1) is 19.8 Å². The number of hydrogen-bond acceptors (Lipinski definition) is 5. The van der Waals surface area contributed by atoms with Gasteiger partial charge in [0.2, 0.25) is 0 Å². The van der Waals surface area contributed by atoms with Crippen LogP contribution in [0.1, 0.15) is 22.8 Å². The van der Waals surface area contributed by atoms with Gasteiger partial charge in [-0.2, -0.15) is 11.8 Å². The summed E-state index contributed by atoms with van der Waals surface area (Å²) in [6.45, 7) is 1.28. The van der Waals surface area contributed by atoms with Crippen LogP contribution < -0.4 is 4.74 Å². The predicted octanol–water partition coefficient (Wildman–Crippen LogP) is 1.48. The Balaban J connectivity index is 2.72. The lowest BCUT2D eigenvalue weighted by Gasteiger charge is -2.11. The molecule has 0 spiro atoms. The number of carbonyl (C=O) groups excluding carboxylic acids is 1. The van der Waals surface area contributed by atoms with Crippen molar-refractivity contribution in [3.8, 4) is 5.75 Å². The molecule has 0 aliphatic carbocycles. The first-order valence-electron chi connectivity index (χ1n) is 5.63. The lowest BCUT2D eigenvalue weighted by atomic mass is 10.1. The van der Waals surface area contributed by atoms with Crippen molar-refractivity contribution in [2.45, 2.75) is 18.8 Å². The van der Waals surface area contributed by atoms with Crippen molar-refractivity contribution in [2.75, 3.05) is 19.5 Å². The van der Waals surface area contributed by atoms with Crippen LogP contribution in [-0.2, 0) is 5.75 Å². The summed E-state index contributed by atoms with van der Waals surface area (Å²) in [5.74, 6) is 1.82. The third-order valence-electron chi connectivity index (χ3n) is 2.47. The highest BCUT2D eigenvalue weighted by Crippen LogP contribution is 2.25. The van der Waals surface area contributed by atoms with Crippen molar-refractivity contribution in [3.63, 3.8) is 0 Å². The minimum absolute atomic E-state index is 0.0132. The highest BCUT2D eigenvalue weighted by Gasteiger charge is 2.08. The average molecular weight is 270 g/mol. The average Bonchev–Trinajstić information content (AvgIpc) is 2.38. The minimum atomic E-state index is -0.711. The summed E-state index contributed by atoms with van der Waals surface area (Å²) in [6.07, 6.45) is -0.711. The van der Waals surface area contributed by atoms with Crippen molar-refractivity contribution >= 4 is 17.5 Å². The van der Waals surface area contributed by atoms with Gasteiger partial charge < -0.3 is 14.9 Å². The summed E-state index contributed by atoms with van der Waals surface area (Å²) >= 11 is 1.49. The van der Waals surface area contributed by atoms with E-state index in [1.165, 1.54) is 18.7 Å². The smallest absolute Gasteiger partial charge is 0.159 e. The second-order valence-electron chi connectivity index (χ2n) is 3.93. The molecule has 0 aliphatic heterocycles. The summed E-state index contributed by atoms with van der Waals surface area (Å²) in [4.78, 5) is 11.3. The summed E-state index contributed by atoms with van der Waals surface area (Å²) in [5, 5.41) is 18.0. The topological polar surface area (TPSA) is 66.8 Å².